The third-order valence-electron chi connectivity index (χ3n) is 7.51. The van der Waals surface area contributed by atoms with Crippen molar-refractivity contribution in [1.82, 2.24) is 4.57 Å². The molecule has 0 saturated heterocycles. The molecule has 0 saturated carbocycles. The Morgan fingerprint density at radius 3 is 2.38 bits per heavy atom. The van der Waals surface area contributed by atoms with Crippen LogP contribution < -0.4 is 29.7 Å². The lowest BCUT2D eigenvalue weighted by molar-refractivity contribution is -0.113. The maximum absolute atomic E-state index is 14.2. The number of hydrogen-bond donors (Lipinski definition) is 1. The van der Waals surface area contributed by atoms with Gasteiger partial charge in [0.15, 0.2) is 4.80 Å². The number of benzene rings is 4. The molecule has 12 heteroatoms. The number of hydrogen-bond acceptors (Lipinski definition) is 6. The average molecular weight is 828 g/mol. The van der Waals surface area contributed by atoms with Crippen LogP contribution >= 0.6 is 66.4 Å². The van der Waals surface area contributed by atoms with Crippen LogP contribution in [0.5, 0.6) is 11.5 Å². The zero-order chi connectivity index (χ0) is 33.9. The van der Waals surface area contributed by atoms with E-state index >= 15 is 0 Å². The zero-order valence-electron chi connectivity index (χ0n) is 25.6. The molecule has 244 valence electrons. The van der Waals surface area contributed by atoms with E-state index in [-0.39, 0.29) is 18.1 Å². The van der Waals surface area contributed by atoms with Crippen LogP contribution in [-0.4, -0.2) is 17.1 Å². The van der Waals surface area contributed by atoms with Gasteiger partial charge in [0.2, 0.25) is 0 Å². The van der Waals surface area contributed by atoms with Crippen LogP contribution in [0.1, 0.15) is 36.6 Å². The number of carbonyl (C=O) groups excluding carboxylic acids is 1. The highest BCUT2D eigenvalue weighted by Gasteiger charge is 2.32. The standard InChI is InChI=1S/C36H27Br2Cl2N3O4S/c1-3-46-26-13-10-22(11-14-26)32-31(34(44)42-25-7-5-4-6-8-25)20(2)41-36-43(32)35(45)30(48-36)17-21-15-27(37)33(28(38)16-21)47-19-23-9-12-24(39)18-29(23)40/h4-18,32H,3,19H2,1-2H3,(H,42,44)/b30-17-/t32-/m0/s1. The summed E-state index contributed by atoms with van der Waals surface area (Å²) in [6, 6.07) is 24.9. The minimum atomic E-state index is -0.711. The minimum Gasteiger partial charge on any atom is -0.494 e. The van der Waals surface area contributed by atoms with E-state index in [1.54, 1.807) is 29.7 Å². The van der Waals surface area contributed by atoms with Crippen molar-refractivity contribution < 1.29 is 14.3 Å². The Morgan fingerprint density at radius 1 is 1.00 bits per heavy atom. The summed E-state index contributed by atoms with van der Waals surface area (Å²) in [7, 11) is 0. The van der Waals surface area contributed by atoms with Gasteiger partial charge in [-0.05, 0) is 111 Å². The molecule has 5 aromatic rings. The quantitative estimate of drug-likeness (QED) is 0.161. The summed E-state index contributed by atoms with van der Waals surface area (Å²) in [6.07, 6.45) is 1.80. The van der Waals surface area contributed by atoms with E-state index in [2.05, 4.69) is 37.2 Å². The number of nitrogens with zero attached hydrogens (tertiary/aromatic N) is 2. The van der Waals surface area contributed by atoms with Crippen LogP contribution in [0.25, 0.3) is 6.08 Å². The molecule has 1 aliphatic heterocycles. The van der Waals surface area contributed by atoms with Crippen LogP contribution in [0.3, 0.4) is 0 Å². The Hall–Kier alpha value is -3.67. The fourth-order valence-electron chi connectivity index (χ4n) is 5.30. The lowest BCUT2D eigenvalue weighted by atomic mass is 9.95. The smallest absolute Gasteiger partial charge is 0.271 e. The number of nitrogens with one attached hydrogen (secondary N) is 1. The number of fused-ring (bicyclic) bond motifs is 1. The van der Waals surface area contributed by atoms with Gasteiger partial charge in [-0.2, -0.15) is 0 Å². The summed E-state index contributed by atoms with van der Waals surface area (Å²) in [5.41, 5.74) is 3.60. The number of allylic oxidation sites excluding steroid dienone is 1. The first-order valence-electron chi connectivity index (χ1n) is 14.8. The fraction of sp³-hybridized carbons (Fsp3) is 0.139. The molecule has 4 aromatic carbocycles. The Kier molecular flexibility index (Phi) is 10.6. The van der Waals surface area contributed by atoms with E-state index in [0.29, 0.717) is 63.4 Å². The maximum Gasteiger partial charge on any atom is 0.271 e. The van der Waals surface area contributed by atoms with Crippen LogP contribution in [0.4, 0.5) is 5.69 Å². The molecule has 0 fully saturated rings. The van der Waals surface area contributed by atoms with Gasteiger partial charge in [-0.3, -0.25) is 14.2 Å². The van der Waals surface area contributed by atoms with E-state index < -0.39 is 6.04 Å². The molecule has 0 spiro atoms. The molecule has 0 aliphatic carbocycles. The molecular formula is C36H27Br2Cl2N3O4S. The van der Waals surface area contributed by atoms with Gasteiger partial charge >= 0.3 is 0 Å². The zero-order valence-corrected chi connectivity index (χ0v) is 31.1. The molecular weight excluding hydrogens is 801 g/mol. The number of ether oxygens (including phenoxy) is 2. The summed E-state index contributed by atoms with van der Waals surface area (Å²) >= 11 is 20.9. The van der Waals surface area contributed by atoms with Gasteiger partial charge in [0, 0.05) is 21.3 Å². The third-order valence-corrected chi connectivity index (χ3v) is 10.3. The second-order valence-corrected chi connectivity index (χ2v) is 14.3. The Balaban J connectivity index is 1.38. The lowest BCUT2D eigenvalue weighted by Gasteiger charge is -2.25. The number of carbonyl (C=O) groups is 1. The molecule has 0 bridgehead atoms. The van der Waals surface area contributed by atoms with Crippen molar-refractivity contribution in [2.75, 3.05) is 11.9 Å². The third kappa shape index (κ3) is 7.33. The fourth-order valence-corrected chi connectivity index (χ4v) is 8.26. The number of thiazole rings is 1. The molecule has 7 nitrogen and oxygen atoms in total. The number of aromatic nitrogens is 1. The lowest BCUT2D eigenvalue weighted by Crippen LogP contribution is -2.40. The Bertz CT molecular complexity index is 2210. The number of anilines is 1. The normalized spacial score (nSPS) is 14.4. The van der Waals surface area contributed by atoms with Crippen molar-refractivity contribution >= 4 is 84.1 Å². The van der Waals surface area contributed by atoms with Crippen molar-refractivity contribution in [3.8, 4) is 11.5 Å². The van der Waals surface area contributed by atoms with Gasteiger partial charge in [0.1, 0.15) is 18.1 Å². The van der Waals surface area contributed by atoms with Gasteiger partial charge < -0.3 is 14.8 Å². The van der Waals surface area contributed by atoms with Gasteiger partial charge in [-0.1, -0.05) is 70.9 Å². The van der Waals surface area contributed by atoms with Crippen molar-refractivity contribution in [3.63, 3.8) is 0 Å². The highest BCUT2D eigenvalue weighted by atomic mass is 79.9. The topological polar surface area (TPSA) is 81.9 Å². The number of rotatable bonds is 9. The molecule has 1 aliphatic rings. The van der Waals surface area contributed by atoms with Crippen LogP contribution in [-0.2, 0) is 11.4 Å². The molecule has 6 rings (SSSR count). The van der Waals surface area contributed by atoms with Gasteiger partial charge in [0.25, 0.3) is 11.5 Å². The number of para-hydroxylation sites is 1. The first-order chi connectivity index (χ1) is 23.1. The number of halogens is 4. The van der Waals surface area contributed by atoms with E-state index in [1.807, 2.05) is 79.7 Å². The first kappa shape index (κ1) is 34.2. The van der Waals surface area contributed by atoms with Gasteiger partial charge in [-0.25, -0.2) is 4.99 Å². The summed E-state index contributed by atoms with van der Waals surface area (Å²) in [6.45, 7) is 4.46. The van der Waals surface area contributed by atoms with E-state index in [0.717, 1.165) is 16.7 Å². The first-order valence-corrected chi connectivity index (χ1v) is 18.0. The molecule has 48 heavy (non-hydrogen) atoms. The highest BCUT2D eigenvalue weighted by Crippen LogP contribution is 2.36. The summed E-state index contributed by atoms with van der Waals surface area (Å²) in [4.78, 5) is 33.3. The van der Waals surface area contributed by atoms with Gasteiger partial charge in [0.05, 0.1) is 37.4 Å². The van der Waals surface area contributed by atoms with Crippen molar-refractivity contribution in [2.45, 2.75) is 26.5 Å². The van der Waals surface area contributed by atoms with Gasteiger partial charge in [-0.15, -0.1) is 0 Å². The van der Waals surface area contributed by atoms with Crippen molar-refractivity contribution in [2.24, 2.45) is 4.99 Å². The minimum absolute atomic E-state index is 0.232. The molecule has 1 amide bonds. The summed E-state index contributed by atoms with van der Waals surface area (Å²) < 4.78 is 15.2. The molecule has 1 aromatic heterocycles. The van der Waals surface area contributed by atoms with Crippen LogP contribution in [0, 0.1) is 0 Å². The molecule has 0 unspecified atom stereocenters. The second kappa shape index (κ2) is 14.8. The average Bonchev–Trinajstić information content (AvgIpc) is 3.35. The summed E-state index contributed by atoms with van der Waals surface area (Å²) in [5, 5.41) is 4.04. The predicted molar refractivity (Wildman–Crippen MR) is 199 cm³/mol. The molecule has 0 radical (unpaired) electrons. The highest BCUT2D eigenvalue weighted by molar-refractivity contribution is 9.11. The van der Waals surface area contributed by atoms with Crippen molar-refractivity contribution in [1.29, 1.82) is 0 Å². The maximum atomic E-state index is 14.2. The summed E-state index contributed by atoms with van der Waals surface area (Å²) in [5.74, 6) is 0.947. The SMILES string of the molecule is CCOc1ccc([C@H]2C(C(=O)Nc3ccccc3)=C(C)N=c3s/c(=C\c4cc(Br)c(OCc5ccc(Cl)cc5Cl)c(Br)c4)c(=O)n32)cc1. The Morgan fingerprint density at radius 2 is 1.71 bits per heavy atom. The van der Waals surface area contributed by atoms with Crippen molar-refractivity contribution in [3.05, 3.63) is 152 Å². The van der Waals surface area contributed by atoms with Crippen LogP contribution in [0.2, 0.25) is 10.0 Å². The monoisotopic (exact) mass is 825 g/mol. The molecule has 1 N–H and O–H groups in total. The Labute approximate surface area is 307 Å². The molecule has 2 heterocycles. The van der Waals surface area contributed by atoms with E-state index in [9.17, 15) is 9.59 Å². The molecule has 1 atom stereocenters. The largest absolute Gasteiger partial charge is 0.494 e. The van der Waals surface area contributed by atoms with E-state index in [1.165, 1.54) is 11.3 Å². The second-order valence-electron chi connectivity index (χ2n) is 10.7. The van der Waals surface area contributed by atoms with E-state index in [4.69, 9.17) is 37.7 Å². The number of amides is 1. The predicted octanol–water partition coefficient (Wildman–Crippen LogP) is 8.68. The van der Waals surface area contributed by atoms with Crippen LogP contribution in [0.15, 0.2) is 115 Å².